The van der Waals surface area contributed by atoms with E-state index in [1.165, 1.54) is 25.6 Å². The number of hydrogen-bond donors (Lipinski definition) is 1. The molecule has 5 nitrogen and oxygen atoms in total. The zero-order valence-electron chi connectivity index (χ0n) is 19.0. The van der Waals surface area contributed by atoms with Crippen molar-refractivity contribution >= 4 is 22.6 Å². The Bertz CT molecular complexity index is 1230. The van der Waals surface area contributed by atoms with Gasteiger partial charge in [0.05, 0.1) is 30.0 Å². The molecule has 3 aromatic rings. The normalized spacial score (nSPS) is 12.5. The molecule has 35 heavy (non-hydrogen) atoms. The van der Waals surface area contributed by atoms with Gasteiger partial charge in [0.25, 0.3) is 0 Å². The van der Waals surface area contributed by atoms with Crippen LogP contribution in [0.25, 0.3) is 10.9 Å². The lowest BCUT2D eigenvalue weighted by molar-refractivity contribution is -0.143. The molecule has 0 radical (unpaired) electrons. The third-order valence-corrected chi connectivity index (χ3v) is 5.17. The number of halogens is 6. The van der Waals surface area contributed by atoms with Crippen molar-refractivity contribution in [2.45, 2.75) is 38.2 Å². The van der Waals surface area contributed by atoms with E-state index in [-0.39, 0.29) is 6.07 Å². The molecule has 0 bridgehead atoms. The van der Waals surface area contributed by atoms with Gasteiger partial charge in [0.15, 0.2) is 0 Å². The van der Waals surface area contributed by atoms with Crippen molar-refractivity contribution in [3.63, 3.8) is 0 Å². The first-order chi connectivity index (χ1) is 16.1. The molecule has 0 spiro atoms. The predicted molar refractivity (Wildman–Crippen MR) is 118 cm³/mol. The van der Waals surface area contributed by atoms with E-state index in [9.17, 15) is 31.1 Å². The Kier molecular flexibility index (Phi) is 6.83. The van der Waals surface area contributed by atoms with Crippen molar-refractivity contribution in [3.05, 3.63) is 72.1 Å². The van der Waals surface area contributed by atoms with E-state index < -0.39 is 40.8 Å². The first-order valence-corrected chi connectivity index (χ1v) is 10.2. The van der Waals surface area contributed by atoms with Crippen LogP contribution in [0.15, 0.2) is 55.4 Å². The van der Waals surface area contributed by atoms with Crippen LogP contribution in [0, 0.1) is 0 Å². The van der Waals surface area contributed by atoms with Crippen LogP contribution in [0.3, 0.4) is 0 Å². The highest BCUT2D eigenvalue weighted by molar-refractivity contribution is 6.00. The summed E-state index contributed by atoms with van der Waals surface area (Å²) in [5, 5.41) is 2.78. The summed E-state index contributed by atoms with van der Waals surface area (Å²) < 4.78 is 91.0. The van der Waals surface area contributed by atoms with E-state index in [0.29, 0.717) is 40.8 Å². The molecule has 0 aliphatic rings. The van der Waals surface area contributed by atoms with Gasteiger partial charge in [0.2, 0.25) is 0 Å². The van der Waals surface area contributed by atoms with Gasteiger partial charge in [-0.15, -0.1) is 0 Å². The molecule has 1 N–H and O–H groups in total. The lowest BCUT2D eigenvalue weighted by atomic mass is 9.98. The number of methoxy groups -OCH3 is 1. The molecule has 0 saturated carbocycles. The van der Waals surface area contributed by atoms with E-state index in [0.717, 1.165) is 4.57 Å². The summed E-state index contributed by atoms with van der Waals surface area (Å²) in [7, 11) is 1.41. The van der Waals surface area contributed by atoms with Crippen molar-refractivity contribution in [2.75, 3.05) is 12.4 Å². The summed E-state index contributed by atoms with van der Waals surface area (Å²) in [4.78, 5) is 13.1. The number of anilines is 1. The van der Waals surface area contributed by atoms with Gasteiger partial charge >= 0.3 is 18.4 Å². The summed E-state index contributed by atoms with van der Waals surface area (Å²) in [6.45, 7) is 7.12. The number of aromatic nitrogens is 1. The fourth-order valence-electron chi connectivity index (χ4n) is 3.65. The summed E-state index contributed by atoms with van der Waals surface area (Å²) in [6, 6.07) is 4.83. The van der Waals surface area contributed by atoms with Crippen LogP contribution >= 0.6 is 0 Å². The fourth-order valence-corrected chi connectivity index (χ4v) is 3.65. The monoisotopic (exact) mass is 500 g/mol. The second kappa shape index (κ2) is 9.20. The first-order valence-electron chi connectivity index (χ1n) is 10.2. The summed E-state index contributed by atoms with van der Waals surface area (Å²) in [5.74, 6) is 0.399. The number of amides is 1. The number of ether oxygens (including phenoxy) is 2. The number of nitrogens with one attached hydrogen (secondary N) is 1. The Morgan fingerprint density at radius 3 is 2.14 bits per heavy atom. The summed E-state index contributed by atoms with van der Waals surface area (Å²) in [5.41, 5.74) is -3.44. The maximum absolute atomic E-state index is 13.2. The van der Waals surface area contributed by atoms with Crippen molar-refractivity contribution in [1.29, 1.82) is 0 Å². The first kappa shape index (κ1) is 26.0. The van der Waals surface area contributed by atoms with E-state index in [1.807, 2.05) is 0 Å². The van der Waals surface area contributed by atoms with Crippen LogP contribution in [-0.2, 0) is 23.5 Å². The topological polar surface area (TPSA) is 52.5 Å². The van der Waals surface area contributed by atoms with Gasteiger partial charge in [0.1, 0.15) is 11.4 Å². The fraction of sp³-hybridized carbons (Fsp3) is 0.292. The van der Waals surface area contributed by atoms with Crippen molar-refractivity contribution < 1.29 is 40.6 Å². The average molecular weight is 500 g/mol. The van der Waals surface area contributed by atoms with Gasteiger partial charge in [-0.3, -0.25) is 4.57 Å². The van der Waals surface area contributed by atoms with Gasteiger partial charge in [-0.25, -0.2) is 4.79 Å². The zero-order valence-corrected chi connectivity index (χ0v) is 19.0. The number of nitrogens with zero attached hydrogens (tertiary/aromatic N) is 1. The second-order valence-corrected chi connectivity index (χ2v) is 8.35. The van der Waals surface area contributed by atoms with Crippen LogP contribution in [0.5, 0.6) is 5.75 Å². The molecule has 11 heteroatoms. The third kappa shape index (κ3) is 5.90. The average Bonchev–Trinajstić information content (AvgIpc) is 3.09. The third-order valence-electron chi connectivity index (χ3n) is 5.17. The highest BCUT2D eigenvalue weighted by Crippen LogP contribution is 2.38. The predicted octanol–water partition coefficient (Wildman–Crippen LogP) is 7.25. The maximum Gasteiger partial charge on any atom is 0.416 e. The highest BCUT2D eigenvalue weighted by atomic mass is 19.4. The maximum atomic E-state index is 13.2. The second-order valence-electron chi connectivity index (χ2n) is 8.35. The van der Waals surface area contributed by atoms with Crippen molar-refractivity contribution in [3.8, 4) is 5.75 Å². The van der Waals surface area contributed by atoms with E-state index in [1.54, 1.807) is 26.0 Å². The van der Waals surface area contributed by atoms with Gasteiger partial charge in [-0.1, -0.05) is 6.58 Å². The van der Waals surface area contributed by atoms with Crippen molar-refractivity contribution in [2.24, 2.45) is 0 Å². The minimum Gasteiger partial charge on any atom is -0.497 e. The number of carbonyl (C=O) groups excluding carboxylic acids is 1. The van der Waals surface area contributed by atoms with Crippen LogP contribution in [-0.4, -0.2) is 23.3 Å². The quantitative estimate of drug-likeness (QED) is 0.287. The SMILES string of the molecule is C=COC(C)(C)Cc1cn(C(=O)Nc2cc(C(F)(F)F)cc(C(F)(F)F)c2)c2cc(OC)ccc12. The van der Waals surface area contributed by atoms with E-state index in [4.69, 9.17) is 9.47 Å². The molecule has 0 atom stereocenters. The summed E-state index contributed by atoms with van der Waals surface area (Å²) in [6.07, 6.45) is -7.03. The lowest BCUT2D eigenvalue weighted by Gasteiger charge is -2.23. The minimum atomic E-state index is -5.04. The number of benzene rings is 2. The molecule has 0 unspecified atom stereocenters. The molecule has 188 valence electrons. The van der Waals surface area contributed by atoms with Gasteiger partial charge < -0.3 is 14.8 Å². The largest absolute Gasteiger partial charge is 0.497 e. The molecule has 0 aliphatic heterocycles. The Morgan fingerprint density at radius 2 is 1.63 bits per heavy atom. The molecule has 1 heterocycles. The van der Waals surface area contributed by atoms with Crippen LogP contribution in [0.4, 0.5) is 36.8 Å². The van der Waals surface area contributed by atoms with Gasteiger partial charge in [-0.05, 0) is 49.7 Å². The van der Waals surface area contributed by atoms with Crippen LogP contribution in [0.1, 0.15) is 30.5 Å². The van der Waals surface area contributed by atoms with Gasteiger partial charge in [-0.2, -0.15) is 26.3 Å². The molecule has 1 amide bonds. The molecule has 1 aromatic heterocycles. The smallest absolute Gasteiger partial charge is 0.416 e. The van der Waals surface area contributed by atoms with Crippen molar-refractivity contribution in [1.82, 2.24) is 4.57 Å². The lowest BCUT2D eigenvalue weighted by Crippen LogP contribution is -2.25. The molecule has 0 fully saturated rings. The highest BCUT2D eigenvalue weighted by Gasteiger charge is 2.37. The Labute approximate surface area is 196 Å². The standard InChI is InChI=1S/C24H22F6N2O3/c1-5-35-22(2,3)12-14-13-32(20-11-18(34-4)6-7-19(14)20)21(33)31-17-9-15(23(25,26)27)8-16(10-17)24(28,29)30/h5-11,13H,1,12H2,2-4H3,(H,31,33). The molecule has 0 aliphatic carbocycles. The van der Waals surface area contributed by atoms with E-state index >= 15 is 0 Å². The van der Waals surface area contributed by atoms with E-state index in [2.05, 4.69) is 11.9 Å². The Hall–Kier alpha value is -3.63. The van der Waals surface area contributed by atoms with Gasteiger partial charge in [0, 0.05) is 29.8 Å². The molecular weight excluding hydrogens is 478 g/mol. The number of alkyl halides is 6. The minimum absolute atomic E-state index is 0.00856. The number of fused-ring (bicyclic) bond motifs is 1. The zero-order chi connectivity index (χ0) is 26.2. The van der Waals surface area contributed by atoms with Crippen LogP contribution < -0.4 is 10.1 Å². The number of carbonyl (C=O) groups is 1. The molecule has 0 saturated heterocycles. The Morgan fingerprint density at radius 1 is 1.03 bits per heavy atom. The number of rotatable bonds is 6. The molecule has 3 rings (SSSR count). The molecule has 2 aromatic carbocycles. The Balaban J connectivity index is 2.08. The number of hydrogen-bond acceptors (Lipinski definition) is 3. The molecular formula is C24H22F6N2O3. The van der Waals surface area contributed by atoms with Crippen LogP contribution in [0.2, 0.25) is 0 Å². The summed E-state index contributed by atoms with van der Waals surface area (Å²) >= 11 is 0.